The molecule has 4 aromatic heterocycles. The summed E-state index contributed by atoms with van der Waals surface area (Å²) in [5.74, 6) is 0.0585. The van der Waals surface area contributed by atoms with Gasteiger partial charge in [0.2, 0.25) is 0 Å². The van der Waals surface area contributed by atoms with Crippen LogP contribution in [-0.4, -0.2) is 40.6 Å². The third-order valence-electron chi connectivity index (χ3n) is 4.80. The molecule has 0 saturated carbocycles. The van der Waals surface area contributed by atoms with E-state index in [1.165, 1.54) is 29.6 Å². The van der Waals surface area contributed by atoms with Crippen LogP contribution >= 0.6 is 11.6 Å². The average molecular weight is 431 g/mol. The summed E-state index contributed by atoms with van der Waals surface area (Å²) in [6.45, 7) is 1.84. The van der Waals surface area contributed by atoms with Gasteiger partial charge in [0.25, 0.3) is 5.91 Å². The topological polar surface area (TPSA) is 103 Å². The number of anilines is 1. The van der Waals surface area contributed by atoms with Crippen LogP contribution in [0.4, 0.5) is 5.69 Å². The molecule has 1 amide bonds. The highest BCUT2D eigenvalue weighted by Gasteiger charge is 2.17. The minimum atomic E-state index is -0.315. The standard InChI is InChI=1S/C21H15ClN8O/c1-13-16(12-27-29(13)19-6-7-23-18-5-3-2-4-15(18)19)21(31)28-14-10-17(22)20(24-11-14)30-25-8-9-26-30/h2-12H,1H3,(H,28,31). The molecule has 5 aromatic rings. The number of hydrogen-bond acceptors (Lipinski definition) is 6. The van der Waals surface area contributed by atoms with E-state index >= 15 is 0 Å². The monoisotopic (exact) mass is 430 g/mol. The summed E-state index contributed by atoms with van der Waals surface area (Å²) < 4.78 is 1.73. The number of nitrogens with one attached hydrogen (secondary N) is 1. The first-order valence-electron chi connectivity index (χ1n) is 9.34. The number of aromatic nitrogens is 7. The molecule has 0 aliphatic rings. The van der Waals surface area contributed by atoms with E-state index in [4.69, 9.17) is 11.6 Å². The Morgan fingerprint density at radius 3 is 2.61 bits per heavy atom. The first kappa shape index (κ1) is 18.9. The molecule has 0 radical (unpaired) electrons. The molecular formula is C21H15ClN8O. The Labute approximate surface area is 181 Å². The van der Waals surface area contributed by atoms with Crippen LogP contribution < -0.4 is 5.32 Å². The summed E-state index contributed by atoms with van der Waals surface area (Å²) >= 11 is 6.28. The van der Waals surface area contributed by atoms with Gasteiger partial charge in [-0.05, 0) is 25.1 Å². The predicted octanol–water partition coefficient (Wildman–Crippen LogP) is 3.61. The third kappa shape index (κ3) is 3.40. The molecule has 4 heterocycles. The van der Waals surface area contributed by atoms with Gasteiger partial charge < -0.3 is 5.32 Å². The van der Waals surface area contributed by atoms with Crippen LogP contribution in [-0.2, 0) is 0 Å². The van der Waals surface area contributed by atoms with Gasteiger partial charge in [0.05, 0.1) is 58.0 Å². The Hall–Kier alpha value is -4.11. The Bertz CT molecular complexity index is 1410. The molecule has 0 saturated heterocycles. The first-order chi connectivity index (χ1) is 15.1. The van der Waals surface area contributed by atoms with Gasteiger partial charge >= 0.3 is 0 Å². The SMILES string of the molecule is Cc1c(C(=O)Nc2cnc(-n3nccn3)c(Cl)c2)cnn1-c1ccnc2ccccc12. The van der Waals surface area contributed by atoms with Crippen LogP contribution in [0.3, 0.4) is 0 Å². The summed E-state index contributed by atoms with van der Waals surface area (Å²) in [4.78, 5) is 22.8. The van der Waals surface area contributed by atoms with Gasteiger partial charge in [0, 0.05) is 11.6 Å². The van der Waals surface area contributed by atoms with Crippen molar-refractivity contribution < 1.29 is 4.79 Å². The lowest BCUT2D eigenvalue weighted by atomic mass is 10.2. The zero-order valence-corrected chi connectivity index (χ0v) is 17.0. The lowest BCUT2D eigenvalue weighted by Gasteiger charge is -2.09. The number of carbonyl (C=O) groups is 1. The van der Waals surface area contributed by atoms with Gasteiger partial charge in [-0.1, -0.05) is 29.8 Å². The number of nitrogens with zero attached hydrogens (tertiary/aromatic N) is 7. The maximum absolute atomic E-state index is 12.9. The van der Waals surface area contributed by atoms with E-state index in [-0.39, 0.29) is 5.91 Å². The predicted molar refractivity (Wildman–Crippen MR) is 116 cm³/mol. The molecule has 0 bridgehead atoms. The fourth-order valence-corrected chi connectivity index (χ4v) is 3.55. The highest BCUT2D eigenvalue weighted by atomic mass is 35.5. The number of fused-ring (bicyclic) bond motifs is 1. The quantitative estimate of drug-likeness (QED) is 0.467. The zero-order valence-electron chi connectivity index (χ0n) is 16.3. The van der Waals surface area contributed by atoms with Gasteiger partial charge in [-0.3, -0.25) is 9.78 Å². The molecule has 0 unspecified atom stereocenters. The van der Waals surface area contributed by atoms with Gasteiger partial charge in [-0.25, -0.2) is 9.67 Å². The number of pyridine rings is 2. The lowest BCUT2D eigenvalue weighted by molar-refractivity contribution is 0.102. The Kier molecular flexibility index (Phi) is 4.64. The van der Waals surface area contributed by atoms with Crippen LogP contribution in [0.5, 0.6) is 0 Å². The molecule has 1 aromatic carbocycles. The number of carbonyl (C=O) groups excluding carboxylic acids is 1. The number of halogens is 1. The number of benzene rings is 1. The van der Waals surface area contributed by atoms with Crippen molar-refractivity contribution >= 4 is 34.1 Å². The summed E-state index contributed by atoms with van der Waals surface area (Å²) in [7, 11) is 0. The number of hydrogen-bond donors (Lipinski definition) is 1. The van der Waals surface area contributed by atoms with Crippen LogP contribution in [0.25, 0.3) is 22.4 Å². The molecular weight excluding hydrogens is 416 g/mol. The second-order valence-electron chi connectivity index (χ2n) is 6.70. The van der Waals surface area contributed by atoms with Gasteiger partial charge in [-0.15, -0.1) is 4.80 Å². The molecule has 0 aliphatic carbocycles. The minimum absolute atomic E-state index is 0.310. The van der Waals surface area contributed by atoms with Crippen LogP contribution in [0.1, 0.15) is 16.1 Å². The van der Waals surface area contributed by atoms with Crippen molar-refractivity contribution in [3.8, 4) is 11.5 Å². The van der Waals surface area contributed by atoms with Crippen molar-refractivity contribution in [2.45, 2.75) is 6.92 Å². The summed E-state index contributed by atoms with van der Waals surface area (Å²) in [6.07, 6.45) is 7.82. The van der Waals surface area contributed by atoms with Crippen molar-refractivity contribution in [1.29, 1.82) is 0 Å². The molecule has 1 N–H and O–H groups in total. The fraction of sp³-hybridized carbons (Fsp3) is 0.0476. The van der Waals surface area contributed by atoms with E-state index in [1.54, 1.807) is 16.9 Å². The number of amides is 1. The molecule has 0 atom stereocenters. The van der Waals surface area contributed by atoms with Crippen LogP contribution in [0, 0.1) is 6.92 Å². The second kappa shape index (κ2) is 7.62. The van der Waals surface area contributed by atoms with Gasteiger partial charge in [-0.2, -0.15) is 15.3 Å². The van der Waals surface area contributed by atoms with Gasteiger partial charge in [0.1, 0.15) is 0 Å². The Balaban J connectivity index is 1.44. The van der Waals surface area contributed by atoms with Crippen LogP contribution in [0.15, 0.2) is 67.4 Å². The zero-order chi connectivity index (χ0) is 21.4. The summed E-state index contributed by atoms with van der Waals surface area (Å²) in [5, 5.41) is 16.5. The lowest BCUT2D eigenvalue weighted by Crippen LogP contribution is -2.14. The molecule has 10 heteroatoms. The second-order valence-corrected chi connectivity index (χ2v) is 7.11. The van der Waals surface area contributed by atoms with Crippen molar-refractivity contribution in [3.63, 3.8) is 0 Å². The smallest absolute Gasteiger partial charge is 0.259 e. The largest absolute Gasteiger partial charge is 0.320 e. The van der Waals surface area contributed by atoms with E-state index in [2.05, 4.69) is 30.6 Å². The van der Waals surface area contributed by atoms with E-state index in [0.717, 1.165) is 16.6 Å². The Morgan fingerprint density at radius 2 is 1.81 bits per heavy atom. The Morgan fingerprint density at radius 1 is 1.00 bits per heavy atom. The van der Waals surface area contributed by atoms with Crippen molar-refractivity contribution in [2.24, 2.45) is 0 Å². The molecule has 9 nitrogen and oxygen atoms in total. The number of para-hydroxylation sites is 1. The van der Waals surface area contributed by atoms with E-state index in [0.29, 0.717) is 27.8 Å². The third-order valence-corrected chi connectivity index (χ3v) is 5.07. The van der Waals surface area contributed by atoms with Crippen molar-refractivity contribution in [2.75, 3.05) is 5.32 Å². The molecule has 5 rings (SSSR count). The van der Waals surface area contributed by atoms with E-state index < -0.39 is 0 Å². The molecule has 31 heavy (non-hydrogen) atoms. The van der Waals surface area contributed by atoms with Crippen LogP contribution in [0.2, 0.25) is 5.02 Å². The maximum atomic E-state index is 12.9. The first-order valence-corrected chi connectivity index (χ1v) is 9.72. The van der Waals surface area contributed by atoms with Gasteiger partial charge in [0.15, 0.2) is 5.82 Å². The van der Waals surface area contributed by atoms with E-state index in [1.807, 2.05) is 37.3 Å². The van der Waals surface area contributed by atoms with Crippen molar-refractivity contribution in [3.05, 3.63) is 83.7 Å². The maximum Gasteiger partial charge on any atom is 0.259 e. The molecule has 0 fully saturated rings. The fourth-order valence-electron chi connectivity index (χ4n) is 3.31. The minimum Gasteiger partial charge on any atom is -0.320 e. The van der Waals surface area contributed by atoms with E-state index in [9.17, 15) is 4.79 Å². The molecule has 0 spiro atoms. The van der Waals surface area contributed by atoms with Crippen molar-refractivity contribution in [1.82, 2.24) is 34.7 Å². The average Bonchev–Trinajstić information content (AvgIpc) is 3.43. The highest BCUT2D eigenvalue weighted by Crippen LogP contribution is 2.24. The summed E-state index contributed by atoms with van der Waals surface area (Å²) in [5.41, 5.74) is 3.30. The number of rotatable bonds is 4. The normalized spacial score (nSPS) is 11.0. The highest BCUT2D eigenvalue weighted by molar-refractivity contribution is 6.32. The molecule has 152 valence electrons. The molecule has 0 aliphatic heterocycles. The summed E-state index contributed by atoms with van der Waals surface area (Å²) in [6, 6.07) is 11.3.